The molecule has 0 radical (unpaired) electrons. The molecule has 1 rings (SSSR count). The average molecular weight is 142 g/mol. The molecule has 0 aliphatic carbocycles. The Bertz CT molecular complexity index is 106. The van der Waals surface area contributed by atoms with Gasteiger partial charge in [0, 0.05) is 12.1 Å². The second-order valence-electron chi connectivity index (χ2n) is 3.68. The normalized spacial score (nSPS) is 20.7. The fourth-order valence-electron chi connectivity index (χ4n) is 1.47. The maximum atomic E-state index is 3.22. The number of nitrogens with zero attached hydrogens (tertiary/aromatic N) is 1. The van der Waals surface area contributed by atoms with E-state index in [1.54, 1.807) is 0 Å². The summed E-state index contributed by atoms with van der Waals surface area (Å²) in [7, 11) is 2.02. The zero-order valence-corrected chi connectivity index (χ0v) is 7.28. The molecule has 1 saturated heterocycles. The number of nitrogens with one attached hydrogen (secondary N) is 1. The SMILES string of the molecule is CNCC(C)(C)N1CCC1. The van der Waals surface area contributed by atoms with E-state index in [0.717, 1.165) is 6.54 Å². The predicted octanol–water partition coefficient (Wildman–Crippen LogP) is 0.690. The quantitative estimate of drug-likeness (QED) is 0.623. The zero-order chi connectivity index (χ0) is 7.61. The molecule has 10 heavy (non-hydrogen) atoms. The molecule has 1 aliphatic heterocycles. The highest BCUT2D eigenvalue weighted by Crippen LogP contribution is 2.19. The third kappa shape index (κ3) is 1.50. The van der Waals surface area contributed by atoms with Gasteiger partial charge in [-0.15, -0.1) is 0 Å². The van der Waals surface area contributed by atoms with Crippen LogP contribution in [0.3, 0.4) is 0 Å². The minimum absolute atomic E-state index is 0.368. The Morgan fingerprint density at radius 3 is 2.30 bits per heavy atom. The second kappa shape index (κ2) is 2.89. The van der Waals surface area contributed by atoms with Gasteiger partial charge in [0.2, 0.25) is 0 Å². The molecule has 1 heterocycles. The summed E-state index contributed by atoms with van der Waals surface area (Å²) in [5, 5.41) is 3.22. The van der Waals surface area contributed by atoms with Gasteiger partial charge in [0.05, 0.1) is 0 Å². The molecule has 1 N–H and O–H groups in total. The van der Waals surface area contributed by atoms with Gasteiger partial charge in [0.1, 0.15) is 0 Å². The van der Waals surface area contributed by atoms with E-state index in [1.807, 2.05) is 7.05 Å². The lowest BCUT2D eigenvalue weighted by Crippen LogP contribution is -2.55. The lowest BCUT2D eigenvalue weighted by molar-refractivity contribution is 0.0566. The molecular weight excluding hydrogens is 124 g/mol. The van der Waals surface area contributed by atoms with Gasteiger partial charge in [-0.25, -0.2) is 0 Å². The van der Waals surface area contributed by atoms with Crippen molar-refractivity contribution in [3.63, 3.8) is 0 Å². The summed E-state index contributed by atoms with van der Waals surface area (Å²) in [4.78, 5) is 2.52. The number of likely N-dealkylation sites (N-methyl/N-ethyl adjacent to an activating group) is 1. The summed E-state index contributed by atoms with van der Waals surface area (Å²) in [5.74, 6) is 0. The van der Waals surface area contributed by atoms with Crippen LogP contribution in [0.2, 0.25) is 0 Å². The Morgan fingerprint density at radius 2 is 2.00 bits per heavy atom. The predicted molar refractivity (Wildman–Crippen MR) is 44.2 cm³/mol. The summed E-state index contributed by atoms with van der Waals surface area (Å²) in [6, 6.07) is 0. The molecule has 1 aliphatic rings. The van der Waals surface area contributed by atoms with E-state index in [1.165, 1.54) is 19.5 Å². The Balaban J connectivity index is 2.33. The maximum absolute atomic E-state index is 3.22. The number of likely N-dealkylation sites (tertiary alicyclic amines) is 1. The average Bonchev–Trinajstić information content (AvgIpc) is 1.56. The van der Waals surface area contributed by atoms with Crippen molar-refractivity contribution in [1.82, 2.24) is 10.2 Å². The number of hydrogen-bond donors (Lipinski definition) is 1. The van der Waals surface area contributed by atoms with Gasteiger partial charge in [-0.05, 0) is 40.4 Å². The molecule has 0 spiro atoms. The smallest absolute Gasteiger partial charge is 0.0277 e. The third-order valence-electron chi connectivity index (χ3n) is 2.32. The monoisotopic (exact) mass is 142 g/mol. The first-order valence-electron chi connectivity index (χ1n) is 4.06. The molecule has 0 aromatic rings. The summed E-state index contributed by atoms with van der Waals surface area (Å²) >= 11 is 0. The maximum Gasteiger partial charge on any atom is 0.0277 e. The Hall–Kier alpha value is -0.0800. The van der Waals surface area contributed by atoms with Crippen LogP contribution in [-0.2, 0) is 0 Å². The van der Waals surface area contributed by atoms with Gasteiger partial charge in [0.25, 0.3) is 0 Å². The van der Waals surface area contributed by atoms with E-state index in [2.05, 4.69) is 24.1 Å². The van der Waals surface area contributed by atoms with Crippen molar-refractivity contribution < 1.29 is 0 Å². The minimum atomic E-state index is 0.368. The molecule has 60 valence electrons. The van der Waals surface area contributed by atoms with Crippen molar-refractivity contribution in [3.05, 3.63) is 0 Å². The van der Waals surface area contributed by atoms with Crippen molar-refractivity contribution >= 4 is 0 Å². The lowest BCUT2D eigenvalue weighted by atomic mass is 9.98. The molecule has 2 nitrogen and oxygen atoms in total. The number of rotatable bonds is 3. The molecule has 0 saturated carbocycles. The van der Waals surface area contributed by atoms with Crippen LogP contribution in [0.5, 0.6) is 0 Å². The molecular formula is C8H18N2. The molecule has 0 aromatic carbocycles. The van der Waals surface area contributed by atoms with Crippen molar-refractivity contribution in [1.29, 1.82) is 0 Å². The van der Waals surface area contributed by atoms with Crippen LogP contribution in [0.25, 0.3) is 0 Å². The first-order valence-corrected chi connectivity index (χ1v) is 4.06. The van der Waals surface area contributed by atoms with Crippen molar-refractivity contribution in [2.45, 2.75) is 25.8 Å². The molecule has 1 fully saturated rings. The van der Waals surface area contributed by atoms with Gasteiger partial charge in [-0.3, -0.25) is 4.90 Å². The lowest BCUT2D eigenvalue weighted by Gasteiger charge is -2.44. The summed E-state index contributed by atoms with van der Waals surface area (Å²) in [5.41, 5.74) is 0.368. The van der Waals surface area contributed by atoms with Gasteiger partial charge in [-0.1, -0.05) is 0 Å². The van der Waals surface area contributed by atoms with E-state index < -0.39 is 0 Å². The second-order valence-corrected chi connectivity index (χ2v) is 3.68. The largest absolute Gasteiger partial charge is 0.318 e. The standard InChI is InChI=1S/C8H18N2/c1-8(2,7-9-3)10-5-4-6-10/h9H,4-7H2,1-3H3. The van der Waals surface area contributed by atoms with Crippen LogP contribution < -0.4 is 5.32 Å². The van der Waals surface area contributed by atoms with Crippen molar-refractivity contribution in [2.24, 2.45) is 0 Å². The van der Waals surface area contributed by atoms with Crippen molar-refractivity contribution in [2.75, 3.05) is 26.7 Å². The van der Waals surface area contributed by atoms with Crippen LogP contribution in [0.4, 0.5) is 0 Å². The van der Waals surface area contributed by atoms with Crippen LogP contribution in [0.1, 0.15) is 20.3 Å². The summed E-state index contributed by atoms with van der Waals surface area (Å²) in [6.45, 7) is 8.25. The molecule has 0 aromatic heterocycles. The molecule has 2 heteroatoms. The molecule has 0 amide bonds. The van der Waals surface area contributed by atoms with E-state index in [4.69, 9.17) is 0 Å². The highest BCUT2D eigenvalue weighted by molar-refractivity contribution is 4.87. The summed E-state index contributed by atoms with van der Waals surface area (Å²) < 4.78 is 0. The first kappa shape index (κ1) is 8.02. The van der Waals surface area contributed by atoms with E-state index >= 15 is 0 Å². The summed E-state index contributed by atoms with van der Waals surface area (Å²) in [6.07, 6.45) is 1.38. The Kier molecular flexibility index (Phi) is 2.32. The topological polar surface area (TPSA) is 15.3 Å². The van der Waals surface area contributed by atoms with Gasteiger partial charge >= 0.3 is 0 Å². The fourth-order valence-corrected chi connectivity index (χ4v) is 1.47. The molecule has 0 atom stereocenters. The Morgan fingerprint density at radius 1 is 1.40 bits per heavy atom. The highest BCUT2D eigenvalue weighted by Gasteiger charge is 2.29. The van der Waals surface area contributed by atoms with Crippen LogP contribution in [0.15, 0.2) is 0 Å². The first-order chi connectivity index (χ1) is 4.67. The van der Waals surface area contributed by atoms with Crippen molar-refractivity contribution in [3.8, 4) is 0 Å². The zero-order valence-electron chi connectivity index (χ0n) is 7.28. The molecule has 0 bridgehead atoms. The van der Waals surface area contributed by atoms with Crippen LogP contribution in [0, 0.1) is 0 Å². The Labute approximate surface area is 63.6 Å². The van der Waals surface area contributed by atoms with E-state index in [9.17, 15) is 0 Å². The highest BCUT2D eigenvalue weighted by atomic mass is 15.2. The van der Waals surface area contributed by atoms with E-state index in [-0.39, 0.29) is 0 Å². The van der Waals surface area contributed by atoms with Gasteiger partial charge in [0.15, 0.2) is 0 Å². The number of hydrogen-bond acceptors (Lipinski definition) is 2. The third-order valence-corrected chi connectivity index (χ3v) is 2.32. The van der Waals surface area contributed by atoms with Crippen LogP contribution in [-0.4, -0.2) is 37.1 Å². The van der Waals surface area contributed by atoms with Gasteiger partial charge < -0.3 is 5.32 Å². The fraction of sp³-hybridized carbons (Fsp3) is 1.00. The van der Waals surface area contributed by atoms with Gasteiger partial charge in [-0.2, -0.15) is 0 Å². The molecule has 0 unspecified atom stereocenters. The van der Waals surface area contributed by atoms with Crippen LogP contribution >= 0.6 is 0 Å². The minimum Gasteiger partial charge on any atom is -0.318 e. The van der Waals surface area contributed by atoms with E-state index in [0.29, 0.717) is 5.54 Å².